The third-order valence-electron chi connectivity index (χ3n) is 3.36. The van der Waals surface area contributed by atoms with Gasteiger partial charge in [-0.1, -0.05) is 17.3 Å². The summed E-state index contributed by atoms with van der Waals surface area (Å²) in [6, 6.07) is 4.70. The van der Waals surface area contributed by atoms with Crippen molar-refractivity contribution < 1.29 is 9.60 Å². The fourth-order valence-electron chi connectivity index (χ4n) is 2.38. The van der Waals surface area contributed by atoms with Crippen molar-refractivity contribution in [3.05, 3.63) is 35.1 Å². The molecule has 1 saturated heterocycles. The summed E-state index contributed by atoms with van der Waals surface area (Å²) in [4.78, 5) is 2.26. The molecule has 1 aliphatic rings. The lowest BCUT2D eigenvalue weighted by molar-refractivity contribution is 0.249. The Bertz CT molecular complexity index is 519. The third kappa shape index (κ3) is 3.64. The van der Waals surface area contributed by atoms with Gasteiger partial charge in [0.15, 0.2) is 5.84 Å². The second-order valence-electron chi connectivity index (χ2n) is 5.61. The molecule has 6 heteroatoms. The summed E-state index contributed by atoms with van der Waals surface area (Å²) in [7, 11) is 0. The highest BCUT2D eigenvalue weighted by atomic mass is 32.2. The Kier molecular flexibility index (Phi) is 4.55. The molecular formula is C14H20FN3OS. The van der Waals surface area contributed by atoms with E-state index in [-0.39, 0.29) is 16.4 Å². The average Bonchev–Trinajstić information content (AvgIpc) is 2.39. The van der Waals surface area contributed by atoms with Crippen molar-refractivity contribution >= 4 is 17.6 Å². The number of nitrogens with zero attached hydrogens (tertiary/aromatic N) is 2. The smallest absolute Gasteiger partial charge is 0.170 e. The van der Waals surface area contributed by atoms with E-state index in [2.05, 4.69) is 23.9 Å². The van der Waals surface area contributed by atoms with E-state index in [4.69, 9.17) is 10.9 Å². The largest absolute Gasteiger partial charge is 0.409 e. The van der Waals surface area contributed by atoms with Crippen LogP contribution < -0.4 is 5.73 Å². The van der Waals surface area contributed by atoms with Gasteiger partial charge in [-0.2, -0.15) is 11.8 Å². The number of thioether (sulfide) groups is 1. The van der Waals surface area contributed by atoms with Gasteiger partial charge in [-0.25, -0.2) is 4.39 Å². The highest BCUT2D eigenvalue weighted by Crippen LogP contribution is 2.30. The lowest BCUT2D eigenvalue weighted by Gasteiger charge is -2.37. The van der Waals surface area contributed by atoms with Crippen LogP contribution >= 0.6 is 11.8 Å². The van der Waals surface area contributed by atoms with Gasteiger partial charge < -0.3 is 10.9 Å². The van der Waals surface area contributed by atoms with Gasteiger partial charge in [-0.3, -0.25) is 4.90 Å². The van der Waals surface area contributed by atoms with Crippen LogP contribution in [0.1, 0.15) is 25.0 Å². The number of nitrogens with two attached hydrogens (primary N) is 1. The van der Waals surface area contributed by atoms with Crippen LogP contribution in [0.4, 0.5) is 4.39 Å². The maximum Gasteiger partial charge on any atom is 0.170 e. The number of hydrogen-bond acceptors (Lipinski definition) is 4. The van der Waals surface area contributed by atoms with Crippen LogP contribution in [0.5, 0.6) is 0 Å². The zero-order valence-corrected chi connectivity index (χ0v) is 12.6. The summed E-state index contributed by atoms with van der Waals surface area (Å²) in [5.74, 6) is 0.674. The molecule has 3 N–H and O–H groups in total. The number of rotatable bonds is 3. The molecule has 1 aromatic rings. The number of hydrogen-bond donors (Lipinski definition) is 2. The van der Waals surface area contributed by atoms with E-state index in [0.29, 0.717) is 17.7 Å². The Morgan fingerprint density at radius 1 is 1.55 bits per heavy atom. The molecule has 0 bridgehead atoms. The first-order chi connectivity index (χ1) is 9.41. The van der Waals surface area contributed by atoms with Gasteiger partial charge in [0.1, 0.15) is 5.82 Å². The van der Waals surface area contributed by atoms with E-state index >= 15 is 0 Å². The summed E-state index contributed by atoms with van der Waals surface area (Å²) in [5, 5.41) is 11.5. The Labute approximate surface area is 122 Å². The van der Waals surface area contributed by atoms with Crippen LogP contribution in [0.2, 0.25) is 0 Å². The Morgan fingerprint density at radius 2 is 2.30 bits per heavy atom. The van der Waals surface area contributed by atoms with Crippen molar-refractivity contribution in [2.24, 2.45) is 10.9 Å². The Balaban J connectivity index is 2.10. The molecule has 0 aliphatic carbocycles. The summed E-state index contributed by atoms with van der Waals surface area (Å²) >= 11 is 1.95. The minimum absolute atomic E-state index is 0.0778. The normalized spacial score (nSPS) is 20.1. The second-order valence-corrected chi connectivity index (χ2v) is 7.41. The van der Waals surface area contributed by atoms with Gasteiger partial charge >= 0.3 is 0 Å². The topological polar surface area (TPSA) is 61.8 Å². The van der Waals surface area contributed by atoms with E-state index in [1.54, 1.807) is 12.1 Å². The summed E-state index contributed by atoms with van der Waals surface area (Å²) in [6.07, 6.45) is 0. The SMILES string of the molecule is CC1(C)CN(Cc2ccc(/C(N)=N/O)cc2F)CCS1. The molecule has 1 fully saturated rings. The van der Waals surface area contributed by atoms with Gasteiger partial charge in [-0.05, 0) is 19.9 Å². The van der Waals surface area contributed by atoms with Crippen molar-refractivity contribution in [1.29, 1.82) is 0 Å². The van der Waals surface area contributed by atoms with E-state index < -0.39 is 0 Å². The number of amidine groups is 1. The summed E-state index contributed by atoms with van der Waals surface area (Å²) in [5.41, 5.74) is 6.49. The minimum atomic E-state index is -0.315. The van der Waals surface area contributed by atoms with E-state index in [1.807, 2.05) is 11.8 Å². The zero-order valence-electron chi connectivity index (χ0n) is 11.8. The molecule has 20 heavy (non-hydrogen) atoms. The lowest BCUT2D eigenvalue weighted by Crippen LogP contribution is -2.42. The van der Waals surface area contributed by atoms with Crippen LogP contribution in [0.15, 0.2) is 23.4 Å². The van der Waals surface area contributed by atoms with Gasteiger partial charge in [-0.15, -0.1) is 0 Å². The molecule has 2 rings (SSSR count). The maximum atomic E-state index is 14.1. The monoisotopic (exact) mass is 297 g/mol. The zero-order chi connectivity index (χ0) is 14.8. The van der Waals surface area contributed by atoms with Crippen molar-refractivity contribution in [2.45, 2.75) is 25.1 Å². The van der Waals surface area contributed by atoms with Gasteiger partial charge in [0.25, 0.3) is 0 Å². The summed E-state index contributed by atoms with van der Waals surface area (Å²) in [6.45, 7) is 6.92. The molecular weight excluding hydrogens is 277 g/mol. The lowest BCUT2D eigenvalue weighted by atomic mass is 10.1. The third-order valence-corrected chi connectivity index (χ3v) is 4.65. The first-order valence-corrected chi connectivity index (χ1v) is 7.52. The van der Waals surface area contributed by atoms with Gasteiger partial charge in [0.2, 0.25) is 0 Å². The number of halogens is 1. The fourth-order valence-corrected chi connectivity index (χ4v) is 3.56. The van der Waals surface area contributed by atoms with E-state index in [1.165, 1.54) is 6.07 Å². The van der Waals surface area contributed by atoms with Crippen LogP contribution in [0.25, 0.3) is 0 Å². The predicted molar refractivity (Wildman–Crippen MR) is 80.7 cm³/mol. The predicted octanol–water partition coefficient (Wildman–Crippen LogP) is 2.25. The molecule has 0 amide bonds. The highest BCUT2D eigenvalue weighted by molar-refractivity contribution is 8.00. The van der Waals surface area contributed by atoms with E-state index in [9.17, 15) is 4.39 Å². The second kappa shape index (κ2) is 6.01. The minimum Gasteiger partial charge on any atom is -0.409 e. The van der Waals surface area contributed by atoms with E-state index in [0.717, 1.165) is 18.8 Å². The molecule has 110 valence electrons. The number of benzene rings is 1. The van der Waals surface area contributed by atoms with Crippen LogP contribution in [-0.2, 0) is 6.54 Å². The standard InChI is InChI=1S/C14H20FN3OS/c1-14(2)9-18(5-6-20-14)8-11-4-3-10(7-12(11)15)13(16)17-19/h3-4,7,19H,5-6,8-9H2,1-2H3,(H2,16,17). The first-order valence-electron chi connectivity index (χ1n) is 6.54. The van der Waals surface area contributed by atoms with Gasteiger partial charge in [0, 0.05) is 41.3 Å². The number of oxime groups is 1. The van der Waals surface area contributed by atoms with Gasteiger partial charge in [0.05, 0.1) is 0 Å². The molecule has 1 heterocycles. The van der Waals surface area contributed by atoms with Crippen LogP contribution in [-0.4, -0.2) is 39.5 Å². The van der Waals surface area contributed by atoms with Crippen molar-refractivity contribution in [3.63, 3.8) is 0 Å². The average molecular weight is 297 g/mol. The Hall–Kier alpha value is -1.27. The van der Waals surface area contributed by atoms with Crippen molar-refractivity contribution in [1.82, 2.24) is 4.90 Å². The molecule has 0 saturated carbocycles. The highest BCUT2D eigenvalue weighted by Gasteiger charge is 2.27. The molecule has 0 aromatic heterocycles. The quantitative estimate of drug-likeness (QED) is 0.389. The van der Waals surface area contributed by atoms with Crippen LogP contribution in [0.3, 0.4) is 0 Å². The molecule has 1 aromatic carbocycles. The molecule has 0 spiro atoms. The van der Waals surface area contributed by atoms with Crippen molar-refractivity contribution in [2.75, 3.05) is 18.8 Å². The fraction of sp³-hybridized carbons (Fsp3) is 0.500. The van der Waals surface area contributed by atoms with Crippen LogP contribution in [0, 0.1) is 5.82 Å². The maximum absolute atomic E-state index is 14.1. The molecule has 0 radical (unpaired) electrons. The summed E-state index contributed by atoms with van der Waals surface area (Å²) < 4.78 is 14.3. The molecule has 1 aliphatic heterocycles. The van der Waals surface area contributed by atoms with Crippen molar-refractivity contribution in [3.8, 4) is 0 Å². The Morgan fingerprint density at radius 3 is 2.90 bits per heavy atom. The molecule has 4 nitrogen and oxygen atoms in total. The molecule has 0 atom stereocenters. The molecule has 0 unspecified atom stereocenters. The first kappa shape index (κ1) is 15.1.